The third-order valence-electron chi connectivity index (χ3n) is 4.29. The fourth-order valence-electron chi connectivity index (χ4n) is 3.11. The fraction of sp³-hybridized carbons (Fsp3) is 0.688. The van der Waals surface area contributed by atoms with E-state index in [0.29, 0.717) is 22.7 Å². The molecule has 0 radical (unpaired) electrons. The van der Waals surface area contributed by atoms with E-state index < -0.39 is 0 Å². The minimum absolute atomic E-state index is 0.396. The minimum atomic E-state index is 0.396. The molecule has 1 N–H and O–H groups in total. The lowest BCUT2D eigenvalue weighted by atomic mass is 9.94. The molecule has 2 rings (SSSR count). The van der Waals surface area contributed by atoms with Crippen molar-refractivity contribution in [2.75, 3.05) is 11.6 Å². The van der Waals surface area contributed by atoms with Gasteiger partial charge in [0.1, 0.15) is 11.6 Å². The van der Waals surface area contributed by atoms with Crippen LogP contribution in [0.15, 0.2) is 0 Å². The van der Waals surface area contributed by atoms with E-state index in [4.69, 9.17) is 0 Å². The molecular weight excluding hydrogens is 280 g/mol. The quantitative estimate of drug-likeness (QED) is 0.901. The van der Waals surface area contributed by atoms with Crippen LogP contribution < -0.4 is 5.32 Å². The number of aromatic nitrogens is 2. The standard InChI is InChI=1S/C16H24N4S/c1-4-11-12(10-17)16(20-19-13(11)5-2)18-14-8-6-7-9-15(14)21-3/h14-15H,4-9H2,1-3H3,(H,18,20). The molecule has 21 heavy (non-hydrogen) atoms. The number of nitrogens with one attached hydrogen (secondary N) is 1. The summed E-state index contributed by atoms with van der Waals surface area (Å²) < 4.78 is 0. The molecule has 0 spiro atoms. The largest absolute Gasteiger partial charge is 0.364 e. The molecule has 1 aliphatic carbocycles. The van der Waals surface area contributed by atoms with Crippen molar-refractivity contribution in [1.29, 1.82) is 5.26 Å². The van der Waals surface area contributed by atoms with E-state index >= 15 is 0 Å². The monoisotopic (exact) mass is 304 g/mol. The topological polar surface area (TPSA) is 61.6 Å². The smallest absolute Gasteiger partial charge is 0.167 e. The van der Waals surface area contributed by atoms with E-state index in [2.05, 4.69) is 41.7 Å². The molecule has 0 saturated heterocycles. The van der Waals surface area contributed by atoms with Gasteiger partial charge in [-0.3, -0.25) is 0 Å². The Kier molecular flexibility index (Phi) is 5.86. The Morgan fingerprint density at radius 3 is 2.62 bits per heavy atom. The van der Waals surface area contributed by atoms with Gasteiger partial charge in [0.05, 0.1) is 5.69 Å². The molecule has 5 heteroatoms. The van der Waals surface area contributed by atoms with E-state index in [1.807, 2.05) is 11.8 Å². The SMILES string of the molecule is CCc1nnc(NC2CCCCC2SC)c(C#N)c1CC. The van der Waals surface area contributed by atoms with Crippen molar-refractivity contribution >= 4 is 17.6 Å². The summed E-state index contributed by atoms with van der Waals surface area (Å²) >= 11 is 1.91. The van der Waals surface area contributed by atoms with E-state index in [9.17, 15) is 5.26 Å². The van der Waals surface area contributed by atoms with Crippen LogP contribution in [0.2, 0.25) is 0 Å². The summed E-state index contributed by atoms with van der Waals surface area (Å²) in [5, 5.41) is 22.3. The van der Waals surface area contributed by atoms with E-state index in [-0.39, 0.29) is 0 Å². The van der Waals surface area contributed by atoms with Crippen LogP contribution in [0.1, 0.15) is 56.4 Å². The zero-order chi connectivity index (χ0) is 15.2. The number of anilines is 1. The van der Waals surface area contributed by atoms with Gasteiger partial charge in [0, 0.05) is 11.3 Å². The first-order chi connectivity index (χ1) is 10.2. The lowest BCUT2D eigenvalue weighted by molar-refractivity contribution is 0.473. The van der Waals surface area contributed by atoms with Crippen LogP contribution in [0, 0.1) is 11.3 Å². The van der Waals surface area contributed by atoms with Crippen molar-refractivity contribution in [1.82, 2.24) is 10.2 Å². The highest BCUT2D eigenvalue weighted by Gasteiger charge is 2.26. The Balaban J connectivity index is 2.29. The van der Waals surface area contributed by atoms with Gasteiger partial charge in [-0.25, -0.2) is 0 Å². The summed E-state index contributed by atoms with van der Waals surface area (Å²) in [5.41, 5.74) is 2.69. The van der Waals surface area contributed by atoms with Crippen molar-refractivity contribution in [2.45, 2.75) is 63.7 Å². The van der Waals surface area contributed by atoms with Gasteiger partial charge in [-0.2, -0.15) is 22.1 Å². The van der Waals surface area contributed by atoms with Gasteiger partial charge in [0.15, 0.2) is 5.82 Å². The fourth-order valence-corrected chi connectivity index (χ4v) is 4.05. The molecule has 0 bridgehead atoms. The molecule has 1 saturated carbocycles. The molecular formula is C16H24N4S. The van der Waals surface area contributed by atoms with E-state index in [0.717, 1.165) is 30.5 Å². The summed E-state index contributed by atoms with van der Waals surface area (Å²) in [4.78, 5) is 0. The zero-order valence-corrected chi connectivity index (χ0v) is 14.0. The van der Waals surface area contributed by atoms with Gasteiger partial charge in [-0.1, -0.05) is 26.7 Å². The highest BCUT2D eigenvalue weighted by molar-refractivity contribution is 7.99. The average Bonchev–Trinajstić information content (AvgIpc) is 2.54. The number of hydrogen-bond acceptors (Lipinski definition) is 5. The van der Waals surface area contributed by atoms with E-state index in [1.165, 1.54) is 19.3 Å². The summed E-state index contributed by atoms with van der Waals surface area (Å²) in [6.45, 7) is 4.13. The molecule has 2 unspecified atom stereocenters. The summed E-state index contributed by atoms with van der Waals surface area (Å²) in [6.07, 6.45) is 8.75. The maximum absolute atomic E-state index is 9.54. The maximum Gasteiger partial charge on any atom is 0.167 e. The Bertz CT molecular complexity index is 524. The third kappa shape index (κ3) is 3.49. The second-order valence-corrected chi connectivity index (χ2v) is 6.55. The first-order valence-corrected chi connectivity index (χ1v) is 9.11. The molecule has 2 atom stereocenters. The Morgan fingerprint density at radius 1 is 1.24 bits per heavy atom. The van der Waals surface area contributed by atoms with Crippen LogP contribution in [0.4, 0.5) is 5.82 Å². The minimum Gasteiger partial charge on any atom is -0.364 e. The zero-order valence-electron chi connectivity index (χ0n) is 13.1. The lowest BCUT2D eigenvalue weighted by Gasteiger charge is -2.31. The first kappa shape index (κ1) is 16.1. The molecule has 4 nitrogen and oxygen atoms in total. The van der Waals surface area contributed by atoms with Gasteiger partial charge >= 0.3 is 0 Å². The summed E-state index contributed by atoms with van der Waals surface area (Å²) in [6, 6.07) is 2.74. The number of aryl methyl sites for hydroxylation is 1. The molecule has 1 aliphatic rings. The number of nitrogens with zero attached hydrogens (tertiary/aromatic N) is 3. The van der Waals surface area contributed by atoms with Gasteiger partial charge in [-0.15, -0.1) is 5.10 Å². The number of rotatable bonds is 5. The summed E-state index contributed by atoms with van der Waals surface area (Å²) in [7, 11) is 0. The van der Waals surface area contributed by atoms with Crippen LogP contribution >= 0.6 is 11.8 Å². The maximum atomic E-state index is 9.54. The van der Waals surface area contributed by atoms with Gasteiger partial charge in [0.25, 0.3) is 0 Å². The van der Waals surface area contributed by atoms with Crippen molar-refractivity contribution in [2.24, 2.45) is 0 Å². The van der Waals surface area contributed by atoms with Crippen molar-refractivity contribution in [3.63, 3.8) is 0 Å². The van der Waals surface area contributed by atoms with Crippen molar-refractivity contribution in [3.05, 3.63) is 16.8 Å². The molecule has 1 fully saturated rings. The predicted octanol–water partition coefficient (Wildman–Crippen LogP) is 3.56. The lowest BCUT2D eigenvalue weighted by Crippen LogP contribution is -2.35. The van der Waals surface area contributed by atoms with E-state index in [1.54, 1.807) is 0 Å². The normalized spacial score (nSPS) is 21.8. The molecule has 0 aliphatic heterocycles. The average molecular weight is 304 g/mol. The Morgan fingerprint density at radius 2 is 2.00 bits per heavy atom. The van der Waals surface area contributed by atoms with Crippen molar-refractivity contribution in [3.8, 4) is 6.07 Å². The summed E-state index contributed by atoms with van der Waals surface area (Å²) in [5.74, 6) is 0.678. The highest BCUT2D eigenvalue weighted by Crippen LogP contribution is 2.30. The van der Waals surface area contributed by atoms with Crippen LogP contribution in [-0.4, -0.2) is 27.7 Å². The van der Waals surface area contributed by atoms with Gasteiger partial charge in [-0.05, 0) is 37.5 Å². The molecule has 1 heterocycles. The van der Waals surface area contributed by atoms with Crippen LogP contribution in [0.3, 0.4) is 0 Å². The Hall–Kier alpha value is -1.28. The number of hydrogen-bond donors (Lipinski definition) is 1. The first-order valence-electron chi connectivity index (χ1n) is 7.82. The third-order valence-corrected chi connectivity index (χ3v) is 5.46. The number of nitriles is 1. The molecule has 0 aromatic carbocycles. The second kappa shape index (κ2) is 7.65. The van der Waals surface area contributed by atoms with Gasteiger partial charge in [0.2, 0.25) is 0 Å². The van der Waals surface area contributed by atoms with Crippen LogP contribution in [-0.2, 0) is 12.8 Å². The molecule has 0 amide bonds. The second-order valence-electron chi connectivity index (χ2n) is 5.48. The molecule has 1 aromatic heterocycles. The Labute approximate surface area is 131 Å². The van der Waals surface area contributed by atoms with Crippen LogP contribution in [0.5, 0.6) is 0 Å². The van der Waals surface area contributed by atoms with Gasteiger partial charge < -0.3 is 5.32 Å². The predicted molar refractivity (Wildman–Crippen MR) is 88.7 cm³/mol. The molecule has 114 valence electrons. The highest BCUT2D eigenvalue weighted by atomic mass is 32.2. The number of thioether (sulfide) groups is 1. The van der Waals surface area contributed by atoms with Crippen molar-refractivity contribution < 1.29 is 0 Å². The van der Waals surface area contributed by atoms with Crippen LogP contribution in [0.25, 0.3) is 0 Å². The molecule has 1 aromatic rings.